The number of aliphatic carboxylic acids is 1. The number of allylic oxidation sites excluding steroid dienone is 2. The maximum atomic E-state index is 12.8. The minimum absolute atomic E-state index is 0.0805. The number of Topliss-reactive ketones (excluding diaryl/α,β-unsaturated/α-hetero) is 1. The van der Waals surface area contributed by atoms with E-state index in [0.717, 1.165) is 17.7 Å². The topological polar surface area (TPSA) is 195 Å². The van der Waals surface area contributed by atoms with Crippen molar-refractivity contribution < 1.29 is 53.2 Å². The highest BCUT2D eigenvalue weighted by Gasteiger charge is 2.33. The van der Waals surface area contributed by atoms with Crippen LogP contribution in [-0.2, 0) is 38.2 Å². The van der Waals surface area contributed by atoms with Gasteiger partial charge in [0, 0.05) is 30.3 Å². The average molecular weight is 631 g/mol. The lowest BCUT2D eigenvalue weighted by molar-refractivity contribution is -0.159. The summed E-state index contributed by atoms with van der Waals surface area (Å²) in [4.78, 5) is 76.8. The third-order valence-electron chi connectivity index (χ3n) is 6.75. The molecule has 46 heavy (non-hydrogen) atoms. The Morgan fingerprint density at radius 1 is 0.978 bits per heavy atom. The standard InChI is InChI=1S/C33H30N2O11/c1-2-19-3-8-23(9-4-19)45-16-24(46-31(43)18-44-17-30(41)42)15-22(36)7-12-29(40)34-21-6-5-20-13-28(39)33(35-25(20)14-21)32-26(37)10-11-27(32)38/h2-6,8-11,13-14,24,32,39H,1,7,12,15-18H2,(H,34,40)(H,41,42). The fourth-order valence-electron chi connectivity index (χ4n) is 4.53. The molecule has 2 aromatic carbocycles. The summed E-state index contributed by atoms with van der Waals surface area (Å²) >= 11 is 0. The Kier molecular flexibility index (Phi) is 11.1. The second kappa shape index (κ2) is 15.3. The number of carbonyl (C=O) groups is 6. The molecule has 1 atom stereocenters. The number of nitrogens with zero attached hydrogens (tertiary/aromatic N) is 1. The number of amides is 1. The number of hydrogen-bond donors (Lipinski definition) is 3. The van der Waals surface area contributed by atoms with Crippen LogP contribution in [0.4, 0.5) is 5.69 Å². The van der Waals surface area contributed by atoms with Crippen molar-refractivity contribution in [1.29, 1.82) is 0 Å². The molecule has 238 valence electrons. The fourth-order valence-corrected chi connectivity index (χ4v) is 4.53. The van der Waals surface area contributed by atoms with E-state index in [2.05, 4.69) is 16.9 Å². The van der Waals surface area contributed by atoms with Crippen molar-refractivity contribution in [2.75, 3.05) is 25.1 Å². The van der Waals surface area contributed by atoms with E-state index in [1.54, 1.807) is 42.5 Å². The molecule has 0 bridgehead atoms. The van der Waals surface area contributed by atoms with Gasteiger partial charge in [0.1, 0.15) is 54.8 Å². The van der Waals surface area contributed by atoms with Crippen molar-refractivity contribution in [3.8, 4) is 11.5 Å². The Morgan fingerprint density at radius 3 is 2.37 bits per heavy atom. The predicted octanol–water partition coefficient (Wildman–Crippen LogP) is 3.14. The minimum Gasteiger partial charge on any atom is -0.506 e. The SMILES string of the molecule is C=Cc1ccc(OCC(CC(=O)CCC(=O)Nc2ccc3cc(O)c(C4C(=O)C=CC4=O)nc3c2)OC(=O)COCC(=O)O)cc1. The first-order valence-corrected chi connectivity index (χ1v) is 14.1. The van der Waals surface area contributed by atoms with E-state index < -0.39 is 60.4 Å². The van der Waals surface area contributed by atoms with Crippen molar-refractivity contribution in [2.45, 2.75) is 31.3 Å². The first kappa shape index (κ1) is 33.2. The van der Waals surface area contributed by atoms with E-state index in [1.807, 2.05) is 0 Å². The number of pyridine rings is 1. The molecule has 1 heterocycles. The first-order valence-electron chi connectivity index (χ1n) is 14.1. The van der Waals surface area contributed by atoms with Gasteiger partial charge in [0.15, 0.2) is 11.6 Å². The molecule has 4 rings (SSSR count). The van der Waals surface area contributed by atoms with Crippen LogP contribution in [0.1, 0.15) is 36.4 Å². The van der Waals surface area contributed by atoms with Crippen LogP contribution in [0.5, 0.6) is 11.5 Å². The second-order valence-corrected chi connectivity index (χ2v) is 10.2. The van der Waals surface area contributed by atoms with Gasteiger partial charge in [-0.2, -0.15) is 0 Å². The van der Waals surface area contributed by atoms with E-state index in [1.165, 1.54) is 12.1 Å². The quantitative estimate of drug-likeness (QED) is 0.155. The summed E-state index contributed by atoms with van der Waals surface area (Å²) in [6, 6.07) is 12.9. The van der Waals surface area contributed by atoms with Crippen LogP contribution in [0.15, 0.2) is 67.3 Å². The fraction of sp³-hybridized carbons (Fsp3) is 0.242. The number of nitrogens with one attached hydrogen (secondary N) is 1. The number of anilines is 1. The highest BCUT2D eigenvalue weighted by Crippen LogP contribution is 2.32. The number of fused-ring (bicyclic) bond motifs is 1. The highest BCUT2D eigenvalue weighted by molar-refractivity contribution is 6.22. The van der Waals surface area contributed by atoms with Gasteiger partial charge in [-0.15, -0.1) is 0 Å². The van der Waals surface area contributed by atoms with Gasteiger partial charge >= 0.3 is 11.9 Å². The summed E-state index contributed by atoms with van der Waals surface area (Å²) in [6.45, 7) is 2.15. The van der Waals surface area contributed by atoms with E-state index in [4.69, 9.17) is 19.3 Å². The molecule has 13 heteroatoms. The molecule has 1 unspecified atom stereocenters. The number of carbonyl (C=O) groups excluding carboxylic acids is 5. The van der Waals surface area contributed by atoms with E-state index in [-0.39, 0.29) is 37.3 Å². The van der Waals surface area contributed by atoms with Gasteiger partial charge in [0.05, 0.1) is 5.52 Å². The lowest BCUT2D eigenvalue weighted by Crippen LogP contribution is -2.30. The molecule has 0 radical (unpaired) electrons. The summed E-state index contributed by atoms with van der Waals surface area (Å²) in [5.74, 6) is -5.09. The van der Waals surface area contributed by atoms with Crippen molar-refractivity contribution in [1.82, 2.24) is 4.98 Å². The summed E-state index contributed by atoms with van der Waals surface area (Å²) in [6.07, 6.45) is 2.22. The summed E-state index contributed by atoms with van der Waals surface area (Å²) in [5.41, 5.74) is 1.44. The normalized spacial score (nSPS) is 13.4. The molecule has 3 N–H and O–H groups in total. The molecule has 13 nitrogen and oxygen atoms in total. The Balaban J connectivity index is 1.34. The lowest BCUT2D eigenvalue weighted by Gasteiger charge is -2.18. The zero-order valence-corrected chi connectivity index (χ0v) is 24.5. The van der Waals surface area contributed by atoms with Gasteiger partial charge < -0.3 is 29.7 Å². The van der Waals surface area contributed by atoms with Crippen LogP contribution in [0.2, 0.25) is 0 Å². The maximum absolute atomic E-state index is 12.8. The zero-order valence-electron chi connectivity index (χ0n) is 24.5. The number of rotatable bonds is 16. The van der Waals surface area contributed by atoms with Crippen LogP contribution in [0.3, 0.4) is 0 Å². The van der Waals surface area contributed by atoms with Gasteiger partial charge in [-0.05, 0) is 48.0 Å². The van der Waals surface area contributed by atoms with Gasteiger partial charge in [-0.25, -0.2) is 14.6 Å². The molecule has 1 aromatic heterocycles. The van der Waals surface area contributed by atoms with Crippen molar-refractivity contribution in [3.63, 3.8) is 0 Å². The molecule has 0 saturated carbocycles. The molecule has 3 aromatic rings. The van der Waals surface area contributed by atoms with Gasteiger partial charge in [0.25, 0.3) is 0 Å². The predicted molar refractivity (Wildman–Crippen MR) is 163 cm³/mol. The number of benzene rings is 2. The summed E-state index contributed by atoms with van der Waals surface area (Å²) < 4.78 is 15.7. The minimum atomic E-state index is -1.26. The Bertz CT molecular complexity index is 1690. The molecule has 1 aliphatic rings. The number of ether oxygens (including phenoxy) is 3. The number of hydrogen-bond acceptors (Lipinski definition) is 11. The Morgan fingerprint density at radius 2 is 1.70 bits per heavy atom. The van der Waals surface area contributed by atoms with Gasteiger partial charge in [-0.3, -0.25) is 19.2 Å². The number of aromatic nitrogens is 1. The second-order valence-electron chi connectivity index (χ2n) is 10.2. The Labute approximate surface area is 262 Å². The summed E-state index contributed by atoms with van der Waals surface area (Å²) in [7, 11) is 0. The average Bonchev–Trinajstić information content (AvgIpc) is 3.35. The van der Waals surface area contributed by atoms with Crippen LogP contribution in [0.25, 0.3) is 17.0 Å². The maximum Gasteiger partial charge on any atom is 0.332 e. The van der Waals surface area contributed by atoms with Gasteiger partial charge in [0.2, 0.25) is 5.91 Å². The molecule has 1 amide bonds. The highest BCUT2D eigenvalue weighted by atomic mass is 16.6. The molecule has 0 fully saturated rings. The van der Waals surface area contributed by atoms with Crippen LogP contribution in [0, 0.1) is 0 Å². The van der Waals surface area contributed by atoms with Crippen molar-refractivity contribution >= 4 is 57.9 Å². The molecule has 1 aliphatic carbocycles. The molecule has 0 aliphatic heterocycles. The zero-order chi connectivity index (χ0) is 33.2. The van der Waals surface area contributed by atoms with Crippen LogP contribution >= 0.6 is 0 Å². The third kappa shape index (κ3) is 9.16. The monoisotopic (exact) mass is 630 g/mol. The lowest BCUT2D eigenvalue weighted by atomic mass is 9.98. The van der Waals surface area contributed by atoms with Crippen LogP contribution in [-0.4, -0.2) is 76.3 Å². The molecule has 0 saturated heterocycles. The number of esters is 1. The van der Waals surface area contributed by atoms with E-state index in [0.29, 0.717) is 22.3 Å². The van der Waals surface area contributed by atoms with Crippen molar-refractivity contribution in [2.24, 2.45) is 0 Å². The largest absolute Gasteiger partial charge is 0.506 e. The molecule has 0 spiro atoms. The summed E-state index contributed by atoms with van der Waals surface area (Å²) in [5, 5.41) is 22.2. The molecular formula is C33H30N2O11. The smallest absolute Gasteiger partial charge is 0.332 e. The third-order valence-corrected chi connectivity index (χ3v) is 6.75. The van der Waals surface area contributed by atoms with Crippen LogP contribution < -0.4 is 10.1 Å². The van der Waals surface area contributed by atoms with Crippen molar-refractivity contribution in [3.05, 3.63) is 78.5 Å². The van der Waals surface area contributed by atoms with E-state index in [9.17, 15) is 33.9 Å². The number of carboxylic acid groups (broad SMARTS) is 1. The molecular weight excluding hydrogens is 600 g/mol. The van der Waals surface area contributed by atoms with E-state index >= 15 is 0 Å². The van der Waals surface area contributed by atoms with Gasteiger partial charge in [-0.1, -0.05) is 30.9 Å². The number of carboxylic acids is 1. The first-order chi connectivity index (χ1) is 22.0. The number of aromatic hydroxyl groups is 1. The number of ketones is 3. The Hall–Kier alpha value is -5.69.